The van der Waals surface area contributed by atoms with Crippen molar-refractivity contribution in [1.82, 2.24) is 5.32 Å². The van der Waals surface area contributed by atoms with Gasteiger partial charge in [-0.25, -0.2) is 0 Å². The van der Waals surface area contributed by atoms with Crippen LogP contribution in [-0.2, 0) is 0 Å². The molecular formula is C10H21N. The Balaban J connectivity index is 2.85. The maximum absolute atomic E-state index is 3.86. The molecule has 11 heavy (non-hydrogen) atoms. The molecule has 0 spiro atoms. The summed E-state index contributed by atoms with van der Waals surface area (Å²) >= 11 is 0. The highest BCUT2D eigenvalue weighted by molar-refractivity contribution is 4.87. The van der Waals surface area contributed by atoms with Gasteiger partial charge in [0.15, 0.2) is 0 Å². The van der Waals surface area contributed by atoms with Gasteiger partial charge in [-0.05, 0) is 39.3 Å². The van der Waals surface area contributed by atoms with Gasteiger partial charge >= 0.3 is 0 Å². The fourth-order valence-corrected chi connectivity index (χ4v) is 0.942. The second kappa shape index (κ2) is 7.80. The van der Waals surface area contributed by atoms with Gasteiger partial charge in [0, 0.05) is 0 Å². The van der Waals surface area contributed by atoms with Crippen LogP contribution in [0.5, 0.6) is 0 Å². The molecule has 0 aromatic rings. The Labute approximate surface area is 70.9 Å². The van der Waals surface area contributed by atoms with Crippen LogP contribution in [0.3, 0.4) is 0 Å². The molecule has 1 nitrogen and oxygen atoms in total. The van der Waals surface area contributed by atoms with E-state index in [9.17, 15) is 0 Å². The Hall–Kier alpha value is -0.300. The fraction of sp³-hybridized carbons (Fsp3) is 0.800. The minimum Gasteiger partial charge on any atom is -0.317 e. The summed E-state index contributed by atoms with van der Waals surface area (Å²) in [5, 5.41) is 3.40. The predicted octanol–water partition coefficient (Wildman–Crippen LogP) is 2.73. The maximum atomic E-state index is 3.86. The Morgan fingerprint density at radius 3 is 2.45 bits per heavy atom. The molecule has 0 heterocycles. The third-order valence-electron chi connectivity index (χ3n) is 1.66. The zero-order chi connectivity index (χ0) is 8.53. The van der Waals surface area contributed by atoms with Crippen LogP contribution in [-0.4, -0.2) is 13.1 Å². The summed E-state index contributed by atoms with van der Waals surface area (Å²) < 4.78 is 0. The van der Waals surface area contributed by atoms with Crippen LogP contribution < -0.4 is 5.32 Å². The molecule has 1 heteroatoms. The topological polar surface area (TPSA) is 12.0 Å². The van der Waals surface area contributed by atoms with Gasteiger partial charge in [-0.3, -0.25) is 0 Å². The average Bonchev–Trinajstić information content (AvgIpc) is 1.96. The minimum atomic E-state index is 1.15. The largest absolute Gasteiger partial charge is 0.317 e. The lowest BCUT2D eigenvalue weighted by Gasteiger charge is -2.02. The van der Waals surface area contributed by atoms with Crippen LogP contribution in [0.25, 0.3) is 0 Å². The molecule has 0 rings (SSSR count). The van der Waals surface area contributed by atoms with Crippen molar-refractivity contribution in [3.63, 3.8) is 0 Å². The van der Waals surface area contributed by atoms with Gasteiger partial charge in [0.05, 0.1) is 0 Å². The first-order chi connectivity index (χ1) is 5.27. The van der Waals surface area contributed by atoms with Crippen LogP contribution in [0.15, 0.2) is 12.2 Å². The molecule has 0 radical (unpaired) electrons. The van der Waals surface area contributed by atoms with E-state index in [1.165, 1.54) is 37.8 Å². The average molecular weight is 155 g/mol. The van der Waals surface area contributed by atoms with Crippen LogP contribution >= 0.6 is 0 Å². The second-order valence-electron chi connectivity index (χ2n) is 3.16. The molecule has 0 bridgehead atoms. The van der Waals surface area contributed by atoms with E-state index in [-0.39, 0.29) is 0 Å². The summed E-state index contributed by atoms with van der Waals surface area (Å²) in [6.07, 6.45) is 4.98. The summed E-state index contributed by atoms with van der Waals surface area (Å²) in [7, 11) is 0. The van der Waals surface area contributed by atoms with E-state index in [0.717, 1.165) is 6.54 Å². The highest BCUT2D eigenvalue weighted by Gasteiger charge is 1.87. The molecule has 0 saturated carbocycles. The Morgan fingerprint density at radius 2 is 1.91 bits per heavy atom. The summed E-state index contributed by atoms with van der Waals surface area (Å²) in [6, 6.07) is 0. The first-order valence-electron chi connectivity index (χ1n) is 4.62. The van der Waals surface area contributed by atoms with E-state index in [0.29, 0.717) is 0 Å². The number of rotatable bonds is 7. The molecule has 0 aliphatic rings. The Bertz CT molecular complexity index is 97.0. The Morgan fingerprint density at radius 1 is 1.27 bits per heavy atom. The number of hydrogen-bond donors (Lipinski definition) is 1. The molecule has 0 amide bonds. The zero-order valence-corrected chi connectivity index (χ0v) is 7.95. The first kappa shape index (κ1) is 10.7. The second-order valence-corrected chi connectivity index (χ2v) is 3.16. The lowest BCUT2D eigenvalue weighted by Crippen LogP contribution is -2.16. The van der Waals surface area contributed by atoms with Crippen molar-refractivity contribution in [2.45, 2.75) is 39.5 Å². The predicted molar refractivity (Wildman–Crippen MR) is 51.8 cm³/mol. The van der Waals surface area contributed by atoms with Crippen molar-refractivity contribution < 1.29 is 0 Å². The molecule has 0 unspecified atom stereocenters. The normalized spacial score (nSPS) is 10.0. The van der Waals surface area contributed by atoms with Gasteiger partial charge in [0.1, 0.15) is 0 Å². The first-order valence-corrected chi connectivity index (χ1v) is 4.62. The van der Waals surface area contributed by atoms with Crippen molar-refractivity contribution in [1.29, 1.82) is 0 Å². The maximum Gasteiger partial charge on any atom is -0.00459 e. The van der Waals surface area contributed by atoms with E-state index in [4.69, 9.17) is 0 Å². The van der Waals surface area contributed by atoms with Crippen LogP contribution in [0, 0.1) is 0 Å². The summed E-state index contributed by atoms with van der Waals surface area (Å²) in [6.45, 7) is 10.5. The molecule has 0 aliphatic heterocycles. The van der Waals surface area contributed by atoms with Crippen LogP contribution in [0.2, 0.25) is 0 Å². The van der Waals surface area contributed by atoms with Gasteiger partial charge in [-0.2, -0.15) is 0 Å². The molecule has 0 saturated heterocycles. The molecule has 0 aromatic carbocycles. The van der Waals surface area contributed by atoms with Gasteiger partial charge in [-0.15, -0.1) is 6.58 Å². The van der Waals surface area contributed by atoms with Crippen molar-refractivity contribution in [3.8, 4) is 0 Å². The van der Waals surface area contributed by atoms with Crippen molar-refractivity contribution in [3.05, 3.63) is 12.2 Å². The number of unbranched alkanes of at least 4 members (excludes halogenated alkanes) is 1. The smallest absolute Gasteiger partial charge is 0.00459 e. The molecule has 1 N–H and O–H groups in total. The lowest BCUT2D eigenvalue weighted by molar-refractivity contribution is 0.616. The summed E-state index contributed by atoms with van der Waals surface area (Å²) in [5.41, 5.74) is 1.29. The highest BCUT2D eigenvalue weighted by Crippen LogP contribution is 1.98. The molecule has 0 fully saturated rings. The summed E-state index contributed by atoms with van der Waals surface area (Å²) in [5.74, 6) is 0. The van der Waals surface area contributed by atoms with E-state index < -0.39 is 0 Å². The number of allylic oxidation sites excluding steroid dienone is 1. The third kappa shape index (κ3) is 9.70. The van der Waals surface area contributed by atoms with E-state index in [2.05, 4.69) is 25.7 Å². The molecule has 0 atom stereocenters. The minimum absolute atomic E-state index is 1.15. The van der Waals surface area contributed by atoms with E-state index >= 15 is 0 Å². The molecule has 0 aromatic heterocycles. The highest BCUT2D eigenvalue weighted by atomic mass is 14.8. The van der Waals surface area contributed by atoms with Crippen LogP contribution in [0.4, 0.5) is 0 Å². The third-order valence-corrected chi connectivity index (χ3v) is 1.66. The van der Waals surface area contributed by atoms with Crippen LogP contribution in [0.1, 0.15) is 39.5 Å². The Kier molecular flexibility index (Phi) is 7.59. The number of hydrogen-bond acceptors (Lipinski definition) is 1. The van der Waals surface area contributed by atoms with E-state index in [1.54, 1.807) is 0 Å². The fourth-order valence-electron chi connectivity index (χ4n) is 0.942. The van der Waals surface area contributed by atoms with Crippen molar-refractivity contribution >= 4 is 0 Å². The molecule has 0 aliphatic carbocycles. The van der Waals surface area contributed by atoms with Gasteiger partial charge < -0.3 is 5.32 Å². The van der Waals surface area contributed by atoms with Gasteiger partial charge in [0.2, 0.25) is 0 Å². The van der Waals surface area contributed by atoms with E-state index in [1.807, 2.05) is 0 Å². The molecule has 66 valence electrons. The van der Waals surface area contributed by atoms with Crippen molar-refractivity contribution in [2.75, 3.05) is 13.1 Å². The standard InChI is InChI=1S/C10H21N/c1-4-5-8-11-9-6-7-10(2)3/h11H,2,4-9H2,1,3H3. The quantitative estimate of drug-likeness (QED) is 0.440. The monoisotopic (exact) mass is 155 g/mol. The van der Waals surface area contributed by atoms with Crippen molar-refractivity contribution in [2.24, 2.45) is 0 Å². The lowest BCUT2D eigenvalue weighted by atomic mass is 10.2. The molecular weight excluding hydrogens is 134 g/mol. The van der Waals surface area contributed by atoms with Gasteiger partial charge in [-0.1, -0.05) is 18.9 Å². The SMILES string of the molecule is C=C(C)CCCNCCCC. The zero-order valence-electron chi connectivity index (χ0n) is 7.95. The van der Waals surface area contributed by atoms with Gasteiger partial charge in [0.25, 0.3) is 0 Å². The summed E-state index contributed by atoms with van der Waals surface area (Å²) in [4.78, 5) is 0. The number of nitrogens with one attached hydrogen (secondary N) is 1.